The molecule has 0 N–H and O–H groups in total. The van der Waals surface area contributed by atoms with E-state index in [1.54, 1.807) is 24.3 Å². The molecule has 0 spiro atoms. The van der Waals surface area contributed by atoms with E-state index >= 15 is 0 Å². The van der Waals surface area contributed by atoms with Crippen molar-refractivity contribution in [1.29, 1.82) is 0 Å². The van der Waals surface area contributed by atoms with E-state index in [1.165, 1.54) is 0 Å². The predicted octanol–water partition coefficient (Wildman–Crippen LogP) is 2.40. The summed E-state index contributed by atoms with van der Waals surface area (Å²) < 4.78 is 29.9. The quantitative estimate of drug-likeness (QED) is 0.803. The largest absolute Gasteiger partial charge is 0.370 e. The first kappa shape index (κ1) is 12.1. The number of epoxide rings is 1. The van der Waals surface area contributed by atoms with Crippen molar-refractivity contribution in [2.75, 3.05) is 12.4 Å². The van der Waals surface area contributed by atoms with Crippen molar-refractivity contribution in [3.8, 4) is 0 Å². The van der Waals surface area contributed by atoms with E-state index in [1.807, 2.05) is 6.92 Å². The van der Waals surface area contributed by atoms with Crippen molar-refractivity contribution < 1.29 is 13.2 Å². The van der Waals surface area contributed by atoms with E-state index in [-0.39, 0.29) is 11.4 Å². The van der Waals surface area contributed by atoms with E-state index in [0.717, 1.165) is 4.47 Å². The van der Waals surface area contributed by atoms with Gasteiger partial charge in [0.2, 0.25) is 0 Å². The van der Waals surface area contributed by atoms with Crippen LogP contribution in [0.3, 0.4) is 0 Å². The van der Waals surface area contributed by atoms with Gasteiger partial charge in [0.25, 0.3) is 0 Å². The molecule has 1 fully saturated rings. The topological polar surface area (TPSA) is 46.7 Å². The second kappa shape index (κ2) is 4.13. The van der Waals surface area contributed by atoms with Crippen LogP contribution in [0.5, 0.6) is 0 Å². The fourth-order valence-corrected chi connectivity index (χ4v) is 3.13. The van der Waals surface area contributed by atoms with Gasteiger partial charge in [-0.3, -0.25) is 0 Å². The van der Waals surface area contributed by atoms with Crippen molar-refractivity contribution in [1.82, 2.24) is 0 Å². The van der Waals surface area contributed by atoms with Crippen molar-refractivity contribution in [3.05, 3.63) is 28.7 Å². The minimum absolute atomic E-state index is 0.144. The van der Waals surface area contributed by atoms with E-state index in [9.17, 15) is 8.42 Å². The number of rotatable bonds is 4. The van der Waals surface area contributed by atoms with Gasteiger partial charge in [-0.15, -0.1) is 0 Å². The fourth-order valence-electron chi connectivity index (χ4n) is 1.38. The maximum atomic E-state index is 11.9. The van der Waals surface area contributed by atoms with Crippen LogP contribution in [0.25, 0.3) is 0 Å². The van der Waals surface area contributed by atoms with E-state index in [2.05, 4.69) is 15.9 Å². The van der Waals surface area contributed by atoms with Gasteiger partial charge in [-0.05, 0) is 37.6 Å². The molecule has 2 rings (SSSR count). The third kappa shape index (κ3) is 2.84. The van der Waals surface area contributed by atoms with Crippen molar-refractivity contribution >= 4 is 25.8 Å². The Balaban J connectivity index is 2.09. The van der Waals surface area contributed by atoms with Gasteiger partial charge in [0.1, 0.15) is 0 Å². The molecule has 1 atom stereocenters. The summed E-state index contributed by atoms with van der Waals surface area (Å²) in [6.07, 6.45) is 0.561. The van der Waals surface area contributed by atoms with E-state index < -0.39 is 9.84 Å². The Bertz CT molecular complexity index is 474. The van der Waals surface area contributed by atoms with Gasteiger partial charge < -0.3 is 4.74 Å². The molecule has 1 saturated heterocycles. The zero-order valence-electron chi connectivity index (χ0n) is 8.94. The van der Waals surface area contributed by atoms with Crippen molar-refractivity contribution in [2.45, 2.75) is 23.8 Å². The van der Waals surface area contributed by atoms with Gasteiger partial charge in [0.15, 0.2) is 9.84 Å². The molecular weight excluding hydrogens is 292 g/mol. The number of halogens is 1. The summed E-state index contributed by atoms with van der Waals surface area (Å²) in [6, 6.07) is 6.72. The predicted molar refractivity (Wildman–Crippen MR) is 65.2 cm³/mol. The minimum Gasteiger partial charge on any atom is -0.370 e. The molecule has 5 heteroatoms. The summed E-state index contributed by atoms with van der Waals surface area (Å²) in [5.41, 5.74) is -0.206. The molecule has 88 valence electrons. The number of hydrogen-bond donors (Lipinski definition) is 0. The van der Waals surface area contributed by atoms with Crippen LogP contribution in [-0.4, -0.2) is 26.4 Å². The Labute approximate surface area is 104 Å². The molecule has 0 amide bonds. The first-order chi connectivity index (χ1) is 7.41. The van der Waals surface area contributed by atoms with Gasteiger partial charge in [-0.2, -0.15) is 0 Å². The van der Waals surface area contributed by atoms with Gasteiger partial charge >= 0.3 is 0 Å². The molecule has 0 saturated carbocycles. The molecule has 16 heavy (non-hydrogen) atoms. The summed E-state index contributed by atoms with van der Waals surface area (Å²) in [7, 11) is -3.17. The van der Waals surface area contributed by atoms with Crippen LogP contribution in [0.2, 0.25) is 0 Å². The van der Waals surface area contributed by atoms with Crippen molar-refractivity contribution in [3.63, 3.8) is 0 Å². The third-order valence-electron chi connectivity index (χ3n) is 2.71. The number of hydrogen-bond acceptors (Lipinski definition) is 3. The van der Waals surface area contributed by atoms with Crippen LogP contribution in [0, 0.1) is 0 Å². The summed E-state index contributed by atoms with van der Waals surface area (Å²) in [5, 5.41) is 0. The van der Waals surface area contributed by atoms with Gasteiger partial charge in [0, 0.05) is 4.47 Å². The SMILES string of the molecule is C[C@]1(CCS(=O)(=O)c2ccc(Br)cc2)CO1. The molecular formula is C11H13BrO3S. The van der Waals surface area contributed by atoms with Crippen LogP contribution in [0.15, 0.2) is 33.6 Å². The first-order valence-electron chi connectivity index (χ1n) is 5.04. The van der Waals surface area contributed by atoms with Crippen LogP contribution < -0.4 is 0 Å². The summed E-state index contributed by atoms with van der Waals surface area (Å²) >= 11 is 3.28. The highest BCUT2D eigenvalue weighted by molar-refractivity contribution is 9.10. The van der Waals surface area contributed by atoms with Gasteiger partial charge in [-0.1, -0.05) is 15.9 Å². The second-order valence-electron chi connectivity index (χ2n) is 4.26. The Morgan fingerprint density at radius 2 is 1.94 bits per heavy atom. The smallest absolute Gasteiger partial charge is 0.178 e. The highest BCUT2D eigenvalue weighted by Gasteiger charge is 2.39. The average Bonchev–Trinajstić information content (AvgIpc) is 2.96. The summed E-state index contributed by atoms with van der Waals surface area (Å²) in [4.78, 5) is 0.375. The highest BCUT2D eigenvalue weighted by Crippen LogP contribution is 2.31. The average molecular weight is 305 g/mol. The first-order valence-corrected chi connectivity index (χ1v) is 7.48. The van der Waals surface area contributed by atoms with Crippen LogP contribution >= 0.6 is 15.9 Å². The number of sulfone groups is 1. The zero-order chi connectivity index (χ0) is 11.8. The molecule has 1 aliphatic heterocycles. The van der Waals surface area contributed by atoms with Crippen LogP contribution in [0.4, 0.5) is 0 Å². The standard InChI is InChI=1S/C11H13BrO3S/c1-11(8-15-11)6-7-16(13,14)10-4-2-9(12)3-5-10/h2-5H,6-8H2,1H3/t11-/m0/s1. The molecule has 3 nitrogen and oxygen atoms in total. The normalized spacial score (nSPS) is 24.4. The Kier molecular flexibility index (Phi) is 3.11. The lowest BCUT2D eigenvalue weighted by molar-refractivity contribution is 0.317. The van der Waals surface area contributed by atoms with E-state index in [4.69, 9.17) is 4.74 Å². The summed E-state index contributed by atoms with van der Waals surface area (Å²) in [5.74, 6) is 0.144. The molecule has 0 radical (unpaired) electrons. The molecule has 0 bridgehead atoms. The minimum atomic E-state index is -3.17. The lowest BCUT2D eigenvalue weighted by atomic mass is 10.1. The Morgan fingerprint density at radius 3 is 2.44 bits per heavy atom. The lowest BCUT2D eigenvalue weighted by Crippen LogP contribution is -2.14. The molecule has 0 unspecified atom stereocenters. The maximum Gasteiger partial charge on any atom is 0.178 e. The second-order valence-corrected chi connectivity index (χ2v) is 7.29. The van der Waals surface area contributed by atoms with Crippen molar-refractivity contribution in [2.24, 2.45) is 0 Å². The molecule has 1 aromatic rings. The highest BCUT2D eigenvalue weighted by atomic mass is 79.9. The number of benzene rings is 1. The van der Waals surface area contributed by atoms with E-state index in [0.29, 0.717) is 17.9 Å². The van der Waals surface area contributed by atoms with Gasteiger partial charge in [0.05, 0.1) is 22.9 Å². The zero-order valence-corrected chi connectivity index (χ0v) is 11.3. The summed E-state index contributed by atoms with van der Waals surface area (Å²) in [6.45, 7) is 2.60. The van der Waals surface area contributed by atoms with Crippen LogP contribution in [-0.2, 0) is 14.6 Å². The molecule has 1 aliphatic rings. The number of ether oxygens (including phenoxy) is 1. The monoisotopic (exact) mass is 304 g/mol. The third-order valence-corrected chi connectivity index (χ3v) is 4.97. The van der Waals surface area contributed by atoms with Crippen LogP contribution in [0.1, 0.15) is 13.3 Å². The molecule has 0 aromatic heterocycles. The lowest BCUT2D eigenvalue weighted by Gasteiger charge is -2.06. The fraction of sp³-hybridized carbons (Fsp3) is 0.455. The molecule has 1 aromatic carbocycles. The maximum absolute atomic E-state index is 11.9. The Morgan fingerprint density at radius 1 is 1.38 bits per heavy atom. The molecule has 0 aliphatic carbocycles. The Hall–Kier alpha value is -0.390. The van der Waals surface area contributed by atoms with Gasteiger partial charge in [-0.25, -0.2) is 8.42 Å². The molecule has 1 heterocycles.